The molecule has 0 fully saturated rings. The van der Waals surface area contributed by atoms with Crippen LogP contribution >= 0.6 is 0 Å². The average Bonchev–Trinajstić information content (AvgIpc) is 2.36. The first-order valence-corrected chi connectivity index (χ1v) is 7.26. The fourth-order valence-electron chi connectivity index (χ4n) is 1.90. The summed E-state index contributed by atoms with van der Waals surface area (Å²) in [6, 6.07) is 0. The van der Waals surface area contributed by atoms with Gasteiger partial charge < -0.3 is 5.73 Å². The zero-order chi connectivity index (χ0) is 13.5. The Labute approximate surface area is 112 Å². The molecule has 104 valence electrons. The summed E-state index contributed by atoms with van der Waals surface area (Å²) >= 11 is 0. The molecule has 3 N–H and O–H groups in total. The van der Waals surface area contributed by atoms with E-state index in [1.54, 1.807) is 6.19 Å². The monoisotopic (exact) mass is 252 g/mol. The Hall–Kier alpha value is -1.24. The number of aliphatic imine (C=N–C) groups is 1. The highest BCUT2D eigenvalue weighted by Gasteiger charge is 1.93. The number of rotatable bonds is 11. The van der Waals surface area contributed by atoms with Crippen LogP contribution in [0.15, 0.2) is 4.99 Å². The molecular weight excluding hydrogens is 224 g/mol. The highest BCUT2D eigenvalue weighted by molar-refractivity contribution is 5.79. The smallest absolute Gasteiger partial charge is 0.202 e. The molecule has 0 aromatic heterocycles. The minimum absolute atomic E-state index is 0.230. The van der Waals surface area contributed by atoms with Crippen molar-refractivity contribution in [2.75, 3.05) is 6.54 Å². The molecule has 18 heavy (non-hydrogen) atoms. The van der Waals surface area contributed by atoms with Gasteiger partial charge in [-0.25, -0.2) is 0 Å². The van der Waals surface area contributed by atoms with Crippen molar-refractivity contribution in [2.45, 2.75) is 71.1 Å². The summed E-state index contributed by atoms with van der Waals surface area (Å²) in [4.78, 5) is 4.04. The van der Waals surface area contributed by atoms with E-state index in [1.165, 1.54) is 57.8 Å². The van der Waals surface area contributed by atoms with E-state index >= 15 is 0 Å². The Morgan fingerprint density at radius 3 is 2.00 bits per heavy atom. The van der Waals surface area contributed by atoms with Gasteiger partial charge in [0.2, 0.25) is 5.96 Å². The normalized spacial score (nSPS) is 11.2. The van der Waals surface area contributed by atoms with Crippen LogP contribution in [-0.2, 0) is 0 Å². The van der Waals surface area contributed by atoms with Crippen LogP contribution < -0.4 is 11.1 Å². The lowest BCUT2D eigenvalue weighted by Crippen LogP contribution is -2.27. The number of hydrogen-bond acceptors (Lipinski definition) is 2. The SMILES string of the molecule is CCCCCCCCCCCCN=C(N)NC#N. The van der Waals surface area contributed by atoms with E-state index in [9.17, 15) is 0 Å². The number of nitriles is 1. The molecule has 0 rings (SSSR count). The first-order chi connectivity index (χ1) is 8.81. The Kier molecular flexibility index (Phi) is 12.9. The number of guanidine groups is 1. The van der Waals surface area contributed by atoms with Gasteiger partial charge in [0.25, 0.3) is 0 Å². The highest BCUT2D eigenvalue weighted by atomic mass is 15.1. The summed E-state index contributed by atoms with van der Waals surface area (Å²) in [7, 11) is 0. The van der Waals surface area contributed by atoms with Gasteiger partial charge in [0.15, 0.2) is 6.19 Å². The zero-order valence-corrected chi connectivity index (χ0v) is 11.7. The summed E-state index contributed by atoms with van der Waals surface area (Å²) in [6.07, 6.45) is 14.9. The van der Waals surface area contributed by atoms with Crippen molar-refractivity contribution < 1.29 is 0 Å². The molecule has 0 amide bonds. The van der Waals surface area contributed by atoms with Crippen LogP contribution in [0.1, 0.15) is 71.1 Å². The Bertz CT molecular complexity index is 243. The van der Waals surface area contributed by atoms with Gasteiger partial charge in [-0.05, 0) is 6.42 Å². The molecule has 0 aromatic rings. The maximum Gasteiger partial charge on any atom is 0.202 e. The van der Waals surface area contributed by atoms with E-state index in [-0.39, 0.29) is 5.96 Å². The number of unbranched alkanes of at least 4 members (excludes halogenated alkanes) is 9. The van der Waals surface area contributed by atoms with Gasteiger partial charge in [0, 0.05) is 6.54 Å². The molecule has 0 aliphatic heterocycles. The summed E-state index contributed by atoms with van der Waals surface area (Å²) in [5.74, 6) is 0.230. The topological polar surface area (TPSA) is 74.2 Å². The second-order valence-electron chi connectivity index (χ2n) is 4.69. The van der Waals surface area contributed by atoms with Crippen molar-refractivity contribution >= 4 is 5.96 Å². The predicted octanol–water partition coefficient (Wildman–Crippen LogP) is 3.29. The van der Waals surface area contributed by atoms with Crippen molar-refractivity contribution in [3.63, 3.8) is 0 Å². The van der Waals surface area contributed by atoms with Crippen LogP contribution in [0.3, 0.4) is 0 Å². The van der Waals surface area contributed by atoms with E-state index in [0.717, 1.165) is 13.0 Å². The minimum atomic E-state index is 0.230. The van der Waals surface area contributed by atoms with E-state index in [1.807, 2.05) is 0 Å². The third-order valence-electron chi connectivity index (χ3n) is 2.98. The van der Waals surface area contributed by atoms with Crippen molar-refractivity contribution in [3.8, 4) is 6.19 Å². The van der Waals surface area contributed by atoms with Crippen molar-refractivity contribution in [2.24, 2.45) is 10.7 Å². The van der Waals surface area contributed by atoms with Crippen molar-refractivity contribution in [1.29, 1.82) is 5.26 Å². The van der Waals surface area contributed by atoms with Gasteiger partial charge in [-0.15, -0.1) is 0 Å². The number of nitrogens with zero attached hydrogens (tertiary/aromatic N) is 2. The van der Waals surface area contributed by atoms with Crippen LogP contribution in [0.4, 0.5) is 0 Å². The van der Waals surface area contributed by atoms with Crippen LogP contribution in [-0.4, -0.2) is 12.5 Å². The van der Waals surface area contributed by atoms with Gasteiger partial charge in [-0.1, -0.05) is 64.7 Å². The standard InChI is InChI=1S/C14H28N4/c1-2-3-4-5-6-7-8-9-10-11-12-17-14(16)18-13-15/h2-12H2,1H3,(H3,16,17,18). The molecule has 0 spiro atoms. The van der Waals surface area contributed by atoms with E-state index < -0.39 is 0 Å². The summed E-state index contributed by atoms with van der Waals surface area (Å²) in [6.45, 7) is 2.97. The molecule has 0 aliphatic rings. The summed E-state index contributed by atoms with van der Waals surface area (Å²) in [5, 5.41) is 10.6. The molecule has 0 radical (unpaired) electrons. The van der Waals surface area contributed by atoms with Crippen molar-refractivity contribution in [3.05, 3.63) is 0 Å². The Balaban J connectivity index is 3.12. The molecule has 4 nitrogen and oxygen atoms in total. The molecular formula is C14H28N4. The first kappa shape index (κ1) is 16.8. The first-order valence-electron chi connectivity index (χ1n) is 7.26. The summed E-state index contributed by atoms with van der Waals surface area (Å²) < 4.78 is 0. The fourth-order valence-corrected chi connectivity index (χ4v) is 1.90. The van der Waals surface area contributed by atoms with Crippen LogP contribution in [0, 0.1) is 11.5 Å². The quantitative estimate of drug-likeness (QED) is 0.195. The summed E-state index contributed by atoms with van der Waals surface area (Å²) in [5.41, 5.74) is 5.42. The zero-order valence-electron chi connectivity index (χ0n) is 11.7. The Morgan fingerprint density at radius 1 is 1.00 bits per heavy atom. The predicted molar refractivity (Wildman–Crippen MR) is 77.1 cm³/mol. The third kappa shape index (κ3) is 12.8. The largest absolute Gasteiger partial charge is 0.369 e. The van der Waals surface area contributed by atoms with Gasteiger partial charge in [0.1, 0.15) is 0 Å². The van der Waals surface area contributed by atoms with Crippen LogP contribution in [0.25, 0.3) is 0 Å². The lowest BCUT2D eigenvalue weighted by Gasteiger charge is -2.01. The van der Waals surface area contributed by atoms with Gasteiger partial charge in [-0.3, -0.25) is 10.3 Å². The Morgan fingerprint density at radius 2 is 1.50 bits per heavy atom. The van der Waals surface area contributed by atoms with Crippen LogP contribution in [0.5, 0.6) is 0 Å². The minimum Gasteiger partial charge on any atom is -0.369 e. The maximum atomic E-state index is 8.29. The van der Waals surface area contributed by atoms with Crippen molar-refractivity contribution in [1.82, 2.24) is 5.32 Å². The molecule has 0 atom stereocenters. The third-order valence-corrected chi connectivity index (χ3v) is 2.98. The highest BCUT2D eigenvalue weighted by Crippen LogP contribution is 2.10. The average molecular weight is 252 g/mol. The lowest BCUT2D eigenvalue weighted by molar-refractivity contribution is 0.558. The molecule has 0 unspecified atom stereocenters. The second-order valence-corrected chi connectivity index (χ2v) is 4.69. The molecule has 0 heterocycles. The van der Waals surface area contributed by atoms with E-state index in [0.29, 0.717) is 0 Å². The van der Waals surface area contributed by atoms with Gasteiger partial charge in [0.05, 0.1) is 0 Å². The fraction of sp³-hybridized carbons (Fsp3) is 0.857. The molecule has 0 aliphatic carbocycles. The molecule has 4 heteroatoms. The van der Waals surface area contributed by atoms with E-state index in [4.69, 9.17) is 11.0 Å². The van der Waals surface area contributed by atoms with Gasteiger partial charge >= 0.3 is 0 Å². The van der Waals surface area contributed by atoms with E-state index in [2.05, 4.69) is 17.2 Å². The molecule has 0 saturated heterocycles. The second kappa shape index (κ2) is 13.8. The molecule has 0 bridgehead atoms. The number of nitrogens with two attached hydrogens (primary N) is 1. The molecule has 0 aromatic carbocycles. The van der Waals surface area contributed by atoms with Gasteiger partial charge in [-0.2, -0.15) is 5.26 Å². The molecule has 0 saturated carbocycles. The maximum absolute atomic E-state index is 8.29. The number of hydrogen-bond donors (Lipinski definition) is 2. The van der Waals surface area contributed by atoms with Crippen LogP contribution in [0.2, 0.25) is 0 Å². The lowest BCUT2D eigenvalue weighted by atomic mass is 10.1. The number of nitrogens with one attached hydrogen (secondary N) is 1.